The molecular weight excluding hydrogens is 617 g/mol. The highest BCUT2D eigenvalue weighted by Gasteiger charge is 2.36. The van der Waals surface area contributed by atoms with Crippen LogP contribution >= 0.6 is 11.8 Å². The Balaban J connectivity index is 1.09. The third kappa shape index (κ3) is 8.19. The molecule has 1 saturated heterocycles. The fourth-order valence-corrected chi connectivity index (χ4v) is 6.53. The van der Waals surface area contributed by atoms with E-state index < -0.39 is 11.9 Å². The number of thioether (sulfide) groups is 1. The van der Waals surface area contributed by atoms with E-state index in [0.717, 1.165) is 52.8 Å². The molecule has 2 heterocycles. The van der Waals surface area contributed by atoms with Gasteiger partial charge in [0.25, 0.3) is 0 Å². The zero-order valence-electron chi connectivity index (χ0n) is 25.9. The number of hydrogen-bond acceptors (Lipinski definition) is 6. The average Bonchev–Trinajstić information content (AvgIpc) is 3.60. The van der Waals surface area contributed by atoms with Gasteiger partial charge in [0, 0.05) is 11.6 Å². The van der Waals surface area contributed by atoms with Gasteiger partial charge in [-0.05, 0) is 87.9 Å². The van der Waals surface area contributed by atoms with Crippen LogP contribution in [0.3, 0.4) is 0 Å². The number of alkyl halides is 3. The van der Waals surface area contributed by atoms with Gasteiger partial charge in [-0.1, -0.05) is 42.0 Å². The van der Waals surface area contributed by atoms with E-state index in [-0.39, 0.29) is 23.7 Å². The van der Waals surface area contributed by atoms with Gasteiger partial charge in [-0.2, -0.15) is 0 Å². The summed E-state index contributed by atoms with van der Waals surface area (Å²) in [5.74, 6) is 0.458. The minimum absolute atomic E-state index is 0.0262. The van der Waals surface area contributed by atoms with Crippen LogP contribution in [0.1, 0.15) is 42.0 Å². The third-order valence-corrected chi connectivity index (χ3v) is 8.58. The molecule has 13 heteroatoms. The molecule has 1 aliphatic rings. The van der Waals surface area contributed by atoms with E-state index in [1.165, 1.54) is 47.0 Å². The number of halogens is 3. The summed E-state index contributed by atoms with van der Waals surface area (Å²) in [6, 6.07) is 16.9. The van der Waals surface area contributed by atoms with Crippen molar-refractivity contribution in [2.75, 3.05) is 10.7 Å². The Kier molecular flexibility index (Phi) is 9.90. The summed E-state index contributed by atoms with van der Waals surface area (Å²) < 4.78 is 42.6. The molecule has 3 amide bonds. The summed E-state index contributed by atoms with van der Waals surface area (Å²) in [6.45, 7) is 7.94. The van der Waals surface area contributed by atoms with E-state index in [1.54, 1.807) is 4.90 Å². The van der Waals surface area contributed by atoms with Crippen LogP contribution in [-0.4, -0.2) is 50.4 Å². The lowest BCUT2D eigenvalue weighted by molar-refractivity contribution is -0.274. The summed E-state index contributed by atoms with van der Waals surface area (Å²) in [6.07, 6.45) is -0.814. The van der Waals surface area contributed by atoms with Gasteiger partial charge in [-0.3, -0.25) is 9.69 Å². The van der Waals surface area contributed by atoms with Gasteiger partial charge in [0.1, 0.15) is 12.1 Å². The topological polar surface area (TPSA) is 101 Å². The molecule has 46 heavy (non-hydrogen) atoms. The summed E-state index contributed by atoms with van der Waals surface area (Å²) in [7, 11) is 0. The van der Waals surface area contributed by atoms with Crippen molar-refractivity contribution in [2.45, 2.75) is 64.9 Å². The first-order valence-corrected chi connectivity index (χ1v) is 15.9. The predicted octanol–water partition coefficient (Wildman–Crippen LogP) is 6.83. The molecule has 1 aliphatic heterocycles. The van der Waals surface area contributed by atoms with E-state index >= 15 is 0 Å². The Bertz CT molecular complexity index is 1670. The number of ether oxygens (including phenoxy) is 1. The highest BCUT2D eigenvalue weighted by atomic mass is 32.2. The Morgan fingerprint density at radius 2 is 1.74 bits per heavy atom. The molecule has 9 nitrogen and oxygen atoms in total. The van der Waals surface area contributed by atoms with Gasteiger partial charge in [-0.25, -0.2) is 14.5 Å². The van der Waals surface area contributed by atoms with Crippen molar-refractivity contribution < 1.29 is 27.5 Å². The fraction of sp³-hybridized carbons (Fsp3) is 0.333. The number of nitrogens with zero attached hydrogens (tertiary/aromatic N) is 4. The number of hydrogen-bond donors (Lipinski definition) is 2. The average molecular weight is 653 g/mol. The Labute approximate surface area is 269 Å². The molecule has 1 fully saturated rings. The number of carbonyl (C=O) groups excluding carboxylic acids is 2. The Morgan fingerprint density at radius 1 is 1.07 bits per heavy atom. The number of aryl methyl sites for hydroxylation is 4. The van der Waals surface area contributed by atoms with E-state index in [1.807, 2.05) is 64.1 Å². The van der Waals surface area contributed by atoms with Gasteiger partial charge in [0.2, 0.25) is 5.91 Å². The molecule has 0 bridgehead atoms. The van der Waals surface area contributed by atoms with Gasteiger partial charge < -0.3 is 15.4 Å². The molecule has 0 radical (unpaired) electrons. The third-order valence-electron chi connectivity index (χ3n) is 7.52. The molecule has 2 atom stereocenters. The molecule has 1 aromatic heterocycles. The van der Waals surface area contributed by atoms with Gasteiger partial charge in [0.05, 0.1) is 17.1 Å². The SMILES string of the molecule is Cc1cc(C)c(N2C(=O)CSC2NC(=O)NC(C)CCCc2ccc(-c3ncn(-c4ccc(OC(F)(F)F)cc4)n3)cc2)c(C)c1. The van der Waals surface area contributed by atoms with E-state index in [4.69, 9.17) is 0 Å². The Morgan fingerprint density at radius 3 is 2.39 bits per heavy atom. The van der Waals surface area contributed by atoms with Crippen molar-refractivity contribution >= 4 is 29.4 Å². The molecule has 4 aromatic rings. The van der Waals surface area contributed by atoms with Crippen molar-refractivity contribution in [1.82, 2.24) is 25.4 Å². The van der Waals surface area contributed by atoms with Crippen molar-refractivity contribution in [1.29, 1.82) is 0 Å². The number of amides is 3. The second kappa shape index (κ2) is 13.9. The Hall–Kier alpha value is -4.52. The zero-order valence-corrected chi connectivity index (χ0v) is 26.7. The molecular formula is C33H35F3N6O3S. The largest absolute Gasteiger partial charge is 0.573 e. The quantitative estimate of drug-likeness (QED) is 0.195. The number of rotatable bonds is 10. The maximum Gasteiger partial charge on any atom is 0.573 e. The number of carbonyl (C=O) groups is 2. The fourth-order valence-electron chi connectivity index (χ4n) is 5.53. The highest BCUT2D eigenvalue weighted by molar-refractivity contribution is 8.01. The van der Waals surface area contributed by atoms with Gasteiger partial charge in [-0.15, -0.1) is 30.0 Å². The highest BCUT2D eigenvalue weighted by Crippen LogP contribution is 2.34. The van der Waals surface area contributed by atoms with Gasteiger partial charge in [0.15, 0.2) is 11.3 Å². The molecule has 5 rings (SSSR count). The van der Waals surface area contributed by atoms with Crippen molar-refractivity contribution in [3.8, 4) is 22.8 Å². The van der Waals surface area contributed by atoms with E-state index in [9.17, 15) is 22.8 Å². The first-order valence-electron chi connectivity index (χ1n) is 14.8. The lowest BCUT2D eigenvalue weighted by Gasteiger charge is -2.28. The number of urea groups is 1. The maximum atomic E-state index is 12.8. The molecule has 2 N–H and O–H groups in total. The zero-order chi connectivity index (χ0) is 33.0. The molecule has 2 unspecified atom stereocenters. The first-order chi connectivity index (χ1) is 21.9. The lowest BCUT2D eigenvalue weighted by Crippen LogP contribution is -2.50. The van der Waals surface area contributed by atoms with Crippen LogP contribution in [0.5, 0.6) is 5.75 Å². The lowest BCUT2D eigenvalue weighted by atomic mass is 10.0. The second-order valence-corrected chi connectivity index (χ2v) is 12.4. The van der Waals surface area contributed by atoms with Gasteiger partial charge >= 0.3 is 12.4 Å². The van der Waals surface area contributed by atoms with E-state index in [2.05, 4.69) is 25.5 Å². The van der Waals surface area contributed by atoms with Crippen molar-refractivity contribution in [2.24, 2.45) is 0 Å². The van der Waals surface area contributed by atoms with Crippen LogP contribution in [0, 0.1) is 20.8 Å². The van der Waals surface area contributed by atoms with Crippen LogP contribution in [0.25, 0.3) is 17.1 Å². The number of nitrogens with one attached hydrogen (secondary N) is 2. The summed E-state index contributed by atoms with van der Waals surface area (Å²) in [5, 5.41) is 10.4. The number of aromatic nitrogens is 3. The molecule has 242 valence electrons. The summed E-state index contributed by atoms with van der Waals surface area (Å²) >= 11 is 1.40. The summed E-state index contributed by atoms with van der Waals surface area (Å²) in [4.78, 5) is 31.6. The van der Waals surface area contributed by atoms with Crippen LogP contribution in [-0.2, 0) is 11.2 Å². The van der Waals surface area contributed by atoms with Crippen LogP contribution in [0.4, 0.5) is 23.7 Å². The van der Waals surface area contributed by atoms with Crippen LogP contribution in [0.2, 0.25) is 0 Å². The maximum absolute atomic E-state index is 12.8. The monoisotopic (exact) mass is 652 g/mol. The smallest absolute Gasteiger partial charge is 0.406 e. The van der Waals surface area contributed by atoms with Crippen LogP contribution in [0.15, 0.2) is 67.0 Å². The minimum Gasteiger partial charge on any atom is -0.406 e. The minimum atomic E-state index is -4.75. The number of anilines is 1. The summed E-state index contributed by atoms with van der Waals surface area (Å²) in [5.41, 5.74) is 5.98. The molecule has 3 aromatic carbocycles. The predicted molar refractivity (Wildman–Crippen MR) is 172 cm³/mol. The second-order valence-electron chi connectivity index (χ2n) is 11.3. The van der Waals surface area contributed by atoms with Crippen LogP contribution < -0.4 is 20.3 Å². The standard InChI is InChI=1S/C33H35F3N6O3S/c1-20-16-21(2)29(22(3)17-20)42-28(43)18-46-32(42)39-31(44)38-23(4)6-5-7-24-8-10-25(11-9-24)30-37-19-41(40-30)26-12-14-27(15-13-26)45-33(34,35)36/h8-17,19,23,32H,5-7,18H2,1-4H3,(H2,38,39,44). The molecule has 0 saturated carbocycles. The molecule has 0 spiro atoms. The number of benzene rings is 3. The van der Waals surface area contributed by atoms with Crippen molar-refractivity contribution in [3.05, 3.63) is 89.2 Å². The normalized spacial score (nSPS) is 15.6. The molecule has 0 aliphatic carbocycles. The van der Waals surface area contributed by atoms with Crippen molar-refractivity contribution in [3.63, 3.8) is 0 Å². The van der Waals surface area contributed by atoms with E-state index in [0.29, 0.717) is 17.3 Å². The first kappa shape index (κ1) is 32.9.